The first-order chi connectivity index (χ1) is 8.37. The van der Waals surface area contributed by atoms with Gasteiger partial charge in [-0.1, -0.05) is 12.1 Å². The lowest BCUT2D eigenvalue weighted by atomic mass is 10.1. The van der Waals surface area contributed by atoms with Gasteiger partial charge in [-0.25, -0.2) is 0 Å². The average Bonchev–Trinajstić information content (AvgIpc) is 2.28. The van der Waals surface area contributed by atoms with Crippen LogP contribution in [0.3, 0.4) is 0 Å². The van der Waals surface area contributed by atoms with Crippen molar-refractivity contribution in [3.63, 3.8) is 0 Å². The molecule has 1 aromatic carbocycles. The highest BCUT2D eigenvalue weighted by Crippen LogP contribution is 2.09. The predicted molar refractivity (Wildman–Crippen MR) is 75.4 cm³/mol. The van der Waals surface area contributed by atoms with E-state index in [1.54, 1.807) is 24.3 Å². The van der Waals surface area contributed by atoms with Crippen LogP contribution >= 0.6 is 0 Å². The molecule has 0 aliphatic heterocycles. The van der Waals surface area contributed by atoms with E-state index in [1.165, 1.54) is 17.7 Å². The second-order valence-corrected chi connectivity index (χ2v) is 7.76. The fourth-order valence-electron chi connectivity index (χ4n) is 1.24. The van der Waals surface area contributed by atoms with Crippen LogP contribution in [-0.2, 0) is 30.9 Å². The van der Waals surface area contributed by atoms with E-state index >= 15 is 0 Å². The monoisotopic (exact) mass is 285 g/mol. The van der Waals surface area contributed by atoms with Gasteiger partial charge in [0.25, 0.3) is 0 Å². The summed E-state index contributed by atoms with van der Waals surface area (Å²) in [6.45, 7) is 0.469. The molecule has 1 amide bonds. The topological polar surface area (TPSA) is 66.4 Å². The number of carbonyl (C=O) groups excluding carboxylic acids is 1. The Bertz CT molecular complexity index is 533. The van der Waals surface area contributed by atoms with Gasteiger partial charge in [-0.3, -0.25) is 9.00 Å². The van der Waals surface area contributed by atoms with Crippen LogP contribution in [-0.4, -0.2) is 28.0 Å². The van der Waals surface area contributed by atoms with E-state index in [0.717, 1.165) is 5.56 Å². The number of hydrogen-bond donors (Lipinski definition) is 2. The van der Waals surface area contributed by atoms with Crippen LogP contribution in [0.15, 0.2) is 35.7 Å². The molecule has 0 heterocycles. The number of phenolic OH excluding ortho intramolecular Hbond substituents is 1. The number of hydrogen-bond acceptors (Lipinski definition) is 4. The zero-order valence-corrected chi connectivity index (χ0v) is 11.6. The second-order valence-electron chi connectivity index (χ2n) is 3.84. The Morgan fingerprint density at radius 1 is 1.44 bits per heavy atom. The standard InChI is InChI=1S/C12H15NO3S2/c1-18(16,17)9-7-12(15)13-8-6-10-2-4-11(14)5-3-10/h2-5,7,9,14H,6,8H2,1H3,(H,13,15)/b9-7-. The van der Waals surface area contributed by atoms with Crippen LogP contribution in [0.5, 0.6) is 5.75 Å². The Balaban J connectivity index is 2.36. The van der Waals surface area contributed by atoms with E-state index in [2.05, 4.69) is 16.5 Å². The van der Waals surface area contributed by atoms with E-state index in [1.807, 2.05) is 0 Å². The van der Waals surface area contributed by atoms with Crippen molar-refractivity contribution in [1.82, 2.24) is 5.32 Å². The van der Waals surface area contributed by atoms with Gasteiger partial charge < -0.3 is 10.4 Å². The number of carbonyl (C=O) groups is 1. The Morgan fingerprint density at radius 3 is 2.61 bits per heavy atom. The van der Waals surface area contributed by atoms with Gasteiger partial charge in [0.1, 0.15) is 5.75 Å². The first-order valence-corrected chi connectivity index (χ1v) is 8.26. The summed E-state index contributed by atoms with van der Waals surface area (Å²) in [7, 11) is -2.44. The molecule has 1 rings (SSSR count). The molecule has 0 aromatic heterocycles. The van der Waals surface area contributed by atoms with Crippen LogP contribution in [0.25, 0.3) is 0 Å². The van der Waals surface area contributed by atoms with E-state index in [0.29, 0.717) is 13.0 Å². The molecule has 0 aliphatic rings. The van der Waals surface area contributed by atoms with Crippen LogP contribution in [0.1, 0.15) is 5.56 Å². The molecule has 0 bridgehead atoms. The highest BCUT2D eigenvalue weighted by Gasteiger charge is 1.98. The van der Waals surface area contributed by atoms with Crippen LogP contribution < -0.4 is 5.32 Å². The average molecular weight is 285 g/mol. The summed E-state index contributed by atoms with van der Waals surface area (Å²) in [5.41, 5.74) is 1.01. The fourth-order valence-corrected chi connectivity index (χ4v) is 1.77. The van der Waals surface area contributed by atoms with E-state index in [4.69, 9.17) is 5.11 Å². The van der Waals surface area contributed by atoms with Gasteiger partial charge in [0.05, 0.1) is 0 Å². The number of nitrogens with one attached hydrogen (secondary N) is 1. The highest BCUT2D eigenvalue weighted by molar-refractivity contribution is 8.34. The Hall–Kier alpha value is -1.40. The minimum absolute atomic E-state index is 0.217. The van der Waals surface area contributed by atoms with Gasteiger partial charge in [0.15, 0.2) is 0 Å². The summed E-state index contributed by atoms with van der Waals surface area (Å²) in [6, 6.07) is 6.78. The molecule has 0 radical (unpaired) electrons. The predicted octanol–water partition coefficient (Wildman–Crippen LogP) is 0.941. The summed E-state index contributed by atoms with van der Waals surface area (Å²) in [5, 5.41) is 13.0. The molecule has 0 fully saturated rings. The number of benzene rings is 1. The number of phenols is 1. The molecule has 0 spiro atoms. The maximum Gasteiger partial charge on any atom is 0.244 e. The maximum absolute atomic E-state index is 11.3. The molecule has 0 aliphatic carbocycles. The van der Waals surface area contributed by atoms with Crippen molar-refractivity contribution >= 4 is 25.6 Å². The van der Waals surface area contributed by atoms with Crippen molar-refractivity contribution < 1.29 is 14.1 Å². The lowest BCUT2D eigenvalue weighted by molar-refractivity contribution is -0.116. The Labute approximate surface area is 111 Å². The summed E-state index contributed by atoms with van der Waals surface area (Å²) in [4.78, 5) is 11.3. The van der Waals surface area contributed by atoms with Crippen molar-refractivity contribution in [3.8, 4) is 5.75 Å². The maximum atomic E-state index is 11.3. The minimum atomic E-state index is -2.44. The van der Waals surface area contributed by atoms with Crippen LogP contribution in [0.4, 0.5) is 0 Å². The van der Waals surface area contributed by atoms with Crippen LogP contribution in [0.2, 0.25) is 0 Å². The van der Waals surface area contributed by atoms with Gasteiger partial charge in [-0.15, -0.1) is 0 Å². The molecule has 0 saturated heterocycles. The number of amides is 1. The normalized spacial score (nSPS) is 14.3. The highest BCUT2D eigenvalue weighted by atomic mass is 32.8. The molecule has 1 unspecified atom stereocenters. The molecule has 0 saturated carbocycles. The van der Waals surface area contributed by atoms with Crippen LogP contribution in [0, 0.1) is 0 Å². The zero-order chi connectivity index (χ0) is 13.6. The molecule has 2 N–H and O–H groups in total. The first kappa shape index (κ1) is 14.7. The van der Waals surface area contributed by atoms with Crippen molar-refractivity contribution in [3.05, 3.63) is 41.3 Å². The molecule has 98 valence electrons. The smallest absolute Gasteiger partial charge is 0.244 e. The van der Waals surface area contributed by atoms with Crippen molar-refractivity contribution in [2.45, 2.75) is 6.42 Å². The molecule has 18 heavy (non-hydrogen) atoms. The third-order valence-corrected chi connectivity index (χ3v) is 3.08. The molecule has 1 aromatic rings. The largest absolute Gasteiger partial charge is 0.508 e. The first-order valence-electron chi connectivity index (χ1n) is 5.31. The molecular weight excluding hydrogens is 270 g/mol. The van der Waals surface area contributed by atoms with E-state index in [9.17, 15) is 9.00 Å². The second kappa shape index (κ2) is 6.51. The molecule has 4 nitrogen and oxygen atoms in total. The van der Waals surface area contributed by atoms with E-state index in [-0.39, 0.29) is 11.7 Å². The van der Waals surface area contributed by atoms with Gasteiger partial charge in [0.2, 0.25) is 5.91 Å². The third kappa shape index (κ3) is 6.36. The van der Waals surface area contributed by atoms with Crippen molar-refractivity contribution in [1.29, 1.82) is 0 Å². The summed E-state index contributed by atoms with van der Waals surface area (Å²) >= 11 is 4.64. The van der Waals surface area contributed by atoms with Gasteiger partial charge in [-0.05, 0) is 35.3 Å². The molecule has 6 heteroatoms. The summed E-state index contributed by atoms with van der Waals surface area (Å²) in [6.07, 6.45) is 3.25. The minimum Gasteiger partial charge on any atom is -0.508 e. The van der Waals surface area contributed by atoms with Gasteiger partial charge in [0, 0.05) is 32.8 Å². The summed E-state index contributed by atoms with van der Waals surface area (Å²) in [5.74, 6) is -0.0953. The van der Waals surface area contributed by atoms with Crippen molar-refractivity contribution in [2.75, 3.05) is 12.8 Å². The lowest BCUT2D eigenvalue weighted by Crippen LogP contribution is -2.23. The lowest BCUT2D eigenvalue weighted by Gasteiger charge is -2.03. The molecular formula is C12H15NO3S2. The third-order valence-electron chi connectivity index (χ3n) is 2.12. The SMILES string of the molecule is CS(=O)(=S)/C=C\C(=O)NCCc1ccc(O)cc1. The number of rotatable bonds is 5. The fraction of sp³-hybridized carbons (Fsp3) is 0.250. The quantitative estimate of drug-likeness (QED) is 0.790. The van der Waals surface area contributed by atoms with E-state index < -0.39 is 8.49 Å². The molecule has 1 atom stereocenters. The van der Waals surface area contributed by atoms with Gasteiger partial charge >= 0.3 is 0 Å². The zero-order valence-electron chi connectivity index (χ0n) is 9.96. The van der Waals surface area contributed by atoms with Gasteiger partial charge in [-0.2, -0.15) is 0 Å². The Morgan fingerprint density at radius 2 is 2.06 bits per heavy atom. The summed E-state index contributed by atoms with van der Waals surface area (Å²) < 4.78 is 11.1. The number of aromatic hydroxyl groups is 1. The Kier molecular flexibility index (Phi) is 5.30. The van der Waals surface area contributed by atoms with Crippen molar-refractivity contribution in [2.24, 2.45) is 0 Å².